The van der Waals surface area contributed by atoms with Gasteiger partial charge in [0, 0.05) is 19.3 Å². The molecule has 0 unspecified atom stereocenters. The molecule has 1 heterocycles. The highest BCUT2D eigenvalue weighted by Crippen LogP contribution is 2.22. The van der Waals surface area contributed by atoms with Crippen LogP contribution in [0.15, 0.2) is 36.5 Å². The van der Waals surface area contributed by atoms with Crippen molar-refractivity contribution in [1.29, 1.82) is 0 Å². The van der Waals surface area contributed by atoms with Crippen LogP contribution in [0.5, 0.6) is 0 Å². The number of hydrogen-bond acceptors (Lipinski definition) is 3. The van der Waals surface area contributed by atoms with E-state index in [4.69, 9.17) is 0 Å². The van der Waals surface area contributed by atoms with Gasteiger partial charge in [0.15, 0.2) is 0 Å². The number of rotatable bonds is 7. The van der Waals surface area contributed by atoms with Gasteiger partial charge in [0.25, 0.3) is 5.91 Å². The summed E-state index contributed by atoms with van der Waals surface area (Å²) in [5.41, 5.74) is 0.194. The Labute approximate surface area is 140 Å². The molecule has 0 aliphatic carbocycles. The Bertz CT molecular complexity index is 663. The number of carbonyl (C=O) groups is 1. The molecule has 0 spiro atoms. The fourth-order valence-corrected chi connectivity index (χ4v) is 2.38. The van der Waals surface area contributed by atoms with E-state index in [-0.39, 0.29) is 17.4 Å². The van der Waals surface area contributed by atoms with Crippen LogP contribution >= 0.6 is 0 Å². The van der Waals surface area contributed by atoms with Gasteiger partial charge in [0.1, 0.15) is 23.1 Å². The van der Waals surface area contributed by atoms with E-state index in [2.05, 4.69) is 10.3 Å². The Kier molecular flexibility index (Phi) is 6.23. The van der Waals surface area contributed by atoms with E-state index >= 15 is 0 Å². The predicted molar refractivity (Wildman–Crippen MR) is 90.4 cm³/mol. The predicted octanol–water partition coefficient (Wildman–Crippen LogP) is 4.37. The van der Waals surface area contributed by atoms with Gasteiger partial charge in [-0.05, 0) is 37.1 Å². The number of anilines is 2. The second-order valence-electron chi connectivity index (χ2n) is 5.45. The van der Waals surface area contributed by atoms with Crippen molar-refractivity contribution in [2.45, 2.75) is 26.7 Å². The Morgan fingerprint density at radius 1 is 1.08 bits per heavy atom. The van der Waals surface area contributed by atoms with Gasteiger partial charge in [-0.1, -0.05) is 19.9 Å². The highest BCUT2D eigenvalue weighted by atomic mass is 19.1. The quantitative estimate of drug-likeness (QED) is 0.818. The molecule has 128 valence electrons. The first-order chi connectivity index (χ1) is 11.6. The number of carbonyl (C=O) groups excluding carboxylic acids is 1. The van der Waals surface area contributed by atoms with Crippen LogP contribution in [-0.4, -0.2) is 28.9 Å². The minimum absolute atomic E-state index is 0.0881. The summed E-state index contributed by atoms with van der Waals surface area (Å²) in [6.07, 6.45) is 3.18. The van der Waals surface area contributed by atoms with Crippen LogP contribution < -0.4 is 5.32 Å². The van der Waals surface area contributed by atoms with Gasteiger partial charge in [-0.3, -0.25) is 4.79 Å². The maximum absolute atomic E-state index is 13.6. The van der Waals surface area contributed by atoms with Crippen LogP contribution in [0.3, 0.4) is 0 Å². The number of amides is 1. The second-order valence-corrected chi connectivity index (χ2v) is 5.45. The van der Waals surface area contributed by atoms with Gasteiger partial charge in [0.2, 0.25) is 0 Å². The second kappa shape index (κ2) is 8.38. The van der Waals surface area contributed by atoms with E-state index < -0.39 is 11.6 Å². The fourth-order valence-electron chi connectivity index (χ4n) is 2.38. The summed E-state index contributed by atoms with van der Waals surface area (Å²) in [5, 5.41) is 2.60. The van der Waals surface area contributed by atoms with E-state index in [0.717, 1.165) is 25.0 Å². The van der Waals surface area contributed by atoms with Crippen molar-refractivity contribution in [3.8, 4) is 0 Å². The number of halogens is 2. The molecule has 0 saturated heterocycles. The average Bonchev–Trinajstić information content (AvgIpc) is 2.58. The van der Waals surface area contributed by atoms with E-state index in [9.17, 15) is 13.6 Å². The third-order valence-corrected chi connectivity index (χ3v) is 3.50. The summed E-state index contributed by atoms with van der Waals surface area (Å²) in [5.74, 6) is -1.22. The molecule has 1 aromatic carbocycles. The minimum Gasteiger partial charge on any atom is -0.339 e. The maximum Gasteiger partial charge on any atom is 0.255 e. The zero-order valence-electron chi connectivity index (χ0n) is 13.9. The van der Waals surface area contributed by atoms with E-state index in [1.165, 1.54) is 18.3 Å². The number of hydrogen-bond donors (Lipinski definition) is 1. The fraction of sp³-hybridized carbons (Fsp3) is 0.333. The molecule has 0 bridgehead atoms. The first-order valence-electron chi connectivity index (χ1n) is 8.03. The Balaban J connectivity index is 2.14. The number of aromatic nitrogens is 1. The number of para-hydroxylation sites is 1. The van der Waals surface area contributed by atoms with Crippen molar-refractivity contribution in [2.24, 2.45) is 0 Å². The summed E-state index contributed by atoms with van der Waals surface area (Å²) in [6, 6.07) is 6.76. The molecule has 0 radical (unpaired) electrons. The third kappa shape index (κ3) is 4.28. The zero-order chi connectivity index (χ0) is 17.5. The van der Waals surface area contributed by atoms with Crippen LogP contribution in [-0.2, 0) is 0 Å². The summed E-state index contributed by atoms with van der Waals surface area (Å²) < 4.78 is 27.3. The minimum atomic E-state index is -0.700. The normalized spacial score (nSPS) is 10.5. The topological polar surface area (TPSA) is 45.2 Å². The van der Waals surface area contributed by atoms with Crippen molar-refractivity contribution in [1.82, 2.24) is 9.88 Å². The average molecular weight is 333 g/mol. The number of pyridine rings is 1. The van der Waals surface area contributed by atoms with Gasteiger partial charge in [-0.2, -0.15) is 0 Å². The number of benzene rings is 1. The Morgan fingerprint density at radius 3 is 2.21 bits per heavy atom. The van der Waals surface area contributed by atoms with Gasteiger partial charge in [-0.25, -0.2) is 13.8 Å². The van der Waals surface area contributed by atoms with Crippen molar-refractivity contribution >= 4 is 17.4 Å². The molecular weight excluding hydrogens is 312 g/mol. The lowest BCUT2D eigenvalue weighted by molar-refractivity contribution is 0.0755. The van der Waals surface area contributed by atoms with Crippen LogP contribution in [0.2, 0.25) is 0 Å². The van der Waals surface area contributed by atoms with Gasteiger partial charge < -0.3 is 10.2 Å². The van der Waals surface area contributed by atoms with Gasteiger partial charge >= 0.3 is 0 Å². The molecule has 1 N–H and O–H groups in total. The molecule has 0 fully saturated rings. The molecule has 2 aromatic rings. The number of nitrogens with one attached hydrogen (secondary N) is 1. The molecule has 0 aliphatic rings. The van der Waals surface area contributed by atoms with Crippen LogP contribution in [0.25, 0.3) is 0 Å². The van der Waals surface area contributed by atoms with Crippen molar-refractivity contribution in [3.05, 3.63) is 53.7 Å². The van der Waals surface area contributed by atoms with Crippen molar-refractivity contribution in [3.63, 3.8) is 0 Å². The SMILES string of the molecule is CCCN(CCC)C(=O)c1ccc(Nc2c(F)cccc2F)nc1. The van der Waals surface area contributed by atoms with Gasteiger partial charge in [0.05, 0.1) is 5.56 Å². The Hall–Kier alpha value is -2.50. The molecule has 1 amide bonds. The first-order valence-corrected chi connectivity index (χ1v) is 8.03. The zero-order valence-corrected chi connectivity index (χ0v) is 13.9. The van der Waals surface area contributed by atoms with E-state index in [1.54, 1.807) is 11.0 Å². The summed E-state index contributed by atoms with van der Waals surface area (Å²) >= 11 is 0. The van der Waals surface area contributed by atoms with Crippen LogP contribution in [0.1, 0.15) is 37.0 Å². The van der Waals surface area contributed by atoms with Crippen LogP contribution in [0, 0.1) is 11.6 Å². The lowest BCUT2D eigenvalue weighted by atomic mass is 10.2. The molecule has 0 saturated carbocycles. The Morgan fingerprint density at radius 2 is 1.71 bits per heavy atom. The monoisotopic (exact) mass is 333 g/mol. The highest BCUT2D eigenvalue weighted by Gasteiger charge is 2.15. The molecule has 24 heavy (non-hydrogen) atoms. The highest BCUT2D eigenvalue weighted by molar-refractivity contribution is 5.94. The third-order valence-electron chi connectivity index (χ3n) is 3.50. The molecule has 6 heteroatoms. The standard InChI is InChI=1S/C18H21F2N3O/c1-3-10-23(11-4-2)18(24)13-8-9-16(21-12-13)22-17-14(19)6-5-7-15(17)20/h5-9,12H,3-4,10-11H2,1-2H3,(H,21,22). The van der Waals surface area contributed by atoms with Crippen molar-refractivity contribution in [2.75, 3.05) is 18.4 Å². The lowest BCUT2D eigenvalue weighted by Gasteiger charge is -2.21. The number of nitrogens with zero attached hydrogens (tertiary/aromatic N) is 2. The summed E-state index contributed by atoms with van der Waals surface area (Å²) in [7, 11) is 0. The molecule has 0 aliphatic heterocycles. The van der Waals surface area contributed by atoms with E-state index in [0.29, 0.717) is 18.7 Å². The summed E-state index contributed by atoms with van der Waals surface area (Å²) in [4.78, 5) is 18.3. The molecule has 2 rings (SSSR count). The summed E-state index contributed by atoms with van der Waals surface area (Å²) in [6.45, 7) is 5.41. The van der Waals surface area contributed by atoms with Crippen molar-refractivity contribution < 1.29 is 13.6 Å². The maximum atomic E-state index is 13.6. The van der Waals surface area contributed by atoms with E-state index in [1.807, 2.05) is 13.8 Å². The molecule has 1 aromatic heterocycles. The molecular formula is C18H21F2N3O. The van der Waals surface area contributed by atoms with Crippen LogP contribution in [0.4, 0.5) is 20.3 Å². The molecule has 4 nitrogen and oxygen atoms in total. The first kappa shape index (κ1) is 17.8. The largest absolute Gasteiger partial charge is 0.339 e. The lowest BCUT2D eigenvalue weighted by Crippen LogP contribution is -2.32. The smallest absolute Gasteiger partial charge is 0.255 e. The van der Waals surface area contributed by atoms with Gasteiger partial charge in [-0.15, -0.1) is 0 Å². The molecule has 0 atom stereocenters.